The molecule has 10 N–H and O–H groups in total. The van der Waals surface area contributed by atoms with Crippen LogP contribution in [0.15, 0.2) is 300 Å². The molecule has 24 aromatic rings. The lowest BCUT2D eigenvalue weighted by Crippen LogP contribution is -2.26. The summed E-state index contributed by atoms with van der Waals surface area (Å²) in [7, 11) is 4.74. The summed E-state index contributed by atoms with van der Waals surface area (Å²) in [5.74, 6) is -0.411. The Labute approximate surface area is 823 Å². The van der Waals surface area contributed by atoms with E-state index in [1.54, 1.807) is 139 Å². The molecular formula is C107H80F2N16O10S6. The van der Waals surface area contributed by atoms with Gasteiger partial charge >= 0.3 is 0 Å². The molecule has 141 heavy (non-hydrogen) atoms. The number of halogens is 2. The molecule has 14 aromatic heterocycles. The number of rotatable bonds is 22. The molecular weight excluding hydrogens is 1900 g/mol. The van der Waals surface area contributed by atoms with Crippen LogP contribution in [0.4, 0.5) is 8.78 Å². The number of pyridine rings is 1. The zero-order valence-electron chi connectivity index (χ0n) is 75.0. The van der Waals surface area contributed by atoms with Gasteiger partial charge in [-0.1, -0.05) is 103 Å². The fourth-order valence-electron chi connectivity index (χ4n) is 16.6. The molecule has 0 saturated heterocycles. The molecule has 25 rings (SSSR count). The highest BCUT2D eigenvalue weighted by atomic mass is 32.1. The predicted molar refractivity (Wildman–Crippen MR) is 555 cm³/mol. The highest BCUT2D eigenvalue weighted by Crippen LogP contribution is 2.47. The number of nitrogens with one attached hydrogen (secondary N) is 10. The maximum absolute atomic E-state index is 15.3. The highest BCUT2D eigenvalue weighted by molar-refractivity contribution is 7.24. The molecule has 0 atom stereocenters. The lowest BCUT2D eigenvalue weighted by Gasteiger charge is -2.11. The molecule has 26 nitrogen and oxygen atoms in total. The smallest absolute Gasteiger partial charge is 0.255 e. The Morgan fingerprint density at radius 2 is 0.787 bits per heavy atom. The third-order valence-electron chi connectivity index (χ3n) is 23.6. The maximum Gasteiger partial charge on any atom is 0.255 e. The predicted octanol–water partition coefficient (Wildman–Crippen LogP) is 24.8. The minimum absolute atomic E-state index is 0.0252. The lowest BCUT2D eigenvalue weighted by molar-refractivity contribution is 0.0937. The average molecular weight is 1980 g/mol. The number of furan rings is 2. The van der Waals surface area contributed by atoms with E-state index in [4.69, 9.17) is 23.0 Å². The first-order valence-electron chi connectivity index (χ1n) is 44.5. The summed E-state index contributed by atoms with van der Waals surface area (Å²) in [6.45, 7) is 1.41. The van der Waals surface area contributed by atoms with Crippen molar-refractivity contribution in [3.8, 4) is 70.1 Å². The van der Waals surface area contributed by atoms with Crippen molar-refractivity contribution < 1.29 is 55.8 Å². The van der Waals surface area contributed by atoms with Gasteiger partial charge in [0.2, 0.25) is 0 Å². The summed E-state index contributed by atoms with van der Waals surface area (Å²) < 4.78 is 63.5. The molecule has 34 heteroatoms. The zero-order chi connectivity index (χ0) is 96.1. The van der Waals surface area contributed by atoms with Gasteiger partial charge in [-0.05, 0) is 203 Å². The summed E-state index contributed by atoms with van der Waals surface area (Å²) in [6.07, 6.45) is 8.35. The summed E-state index contributed by atoms with van der Waals surface area (Å²) in [6, 6.07) is 83.2. The molecule has 698 valence electrons. The van der Waals surface area contributed by atoms with Crippen LogP contribution in [0.5, 0.6) is 17.2 Å². The number of methoxy groups -OCH3 is 3. The number of carbonyl (C=O) groups is 5. The topological polar surface area (TPSA) is 356 Å². The molecule has 1 fully saturated rings. The van der Waals surface area contributed by atoms with Crippen molar-refractivity contribution in [1.29, 1.82) is 0 Å². The summed E-state index contributed by atoms with van der Waals surface area (Å²) in [5.41, 5.74) is 10.2. The number of thiophene rings is 6. The number of hydrogen-bond acceptors (Lipinski definition) is 22. The number of carbonyl (C=O) groups excluding carboxylic acids is 5. The maximum atomic E-state index is 15.3. The fourth-order valence-corrected chi connectivity index (χ4v) is 22.5. The summed E-state index contributed by atoms with van der Waals surface area (Å²) in [4.78, 5) is 73.6. The number of fused-ring (bicyclic) bond motifs is 10. The molecule has 0 spiro atoms. The van der Waals surface area contributed by atoms with Crippen LogP contribution < -0.4 is 40.8 Å². The summed E-state index contributed by atoms with van der Waals surface area (Å²) >= 11 is 9.75. The van der Waals surface area contributed by atoms with Gasteiger partial charge in [0.05, 0.1) is 189 Å². The van der Waals surface area contributed by atoms with Crippen molar-refractivity contribution in [2.24, 2.45) is 0 Å². The summed E-state index contributed by atoms with van der Waals surface area (Å²) in [5, 5.41) is 62.1. The van der Waals surface area contributed by atoms with Crippen LogP contribution >= 0.6 is 68.0 Å². The van der Waals surface area contributed by atoms with Crippen molar-refractivity contribution in [3.63, 3.8) is 0 Å². The fraction of sp³-hybridized carbons (Fsp3) is 0.0935. The molecule has 1 aliphatic carbocycles. The van der Waals surface area contributed by atoms with E-state index in [1.807, 2.05) is 157 Å². The first-order chi connectivity index (χ1) is 69.1. The monoisotopic (exact) mass is 1980 g/mol. The molecule has 0 bridgehead atoms. The molecule has 0 aliphatic heterocycles. The van der Waals surface area contributed by atoms with Gasteiger partial charge in [0.1, 0.15) is 46.0 Å². The minimum Gasteiger partial charge on any atom is -0.495 e. The van der Waals surface area contributed by atoms with Crippen LogP contribution in [-0.2, 0) is 26.2 Å². The van der Waals surface area contributed by atoms with E-state index in [9.17, 15) is 24.0 Å². The van der Waals surface area contributed by atoms with Crippen molar-refractivity contribution >= 4 is 203 Å². The number of amides is 5. The number of aromatic nitrogens is 11. The van der Waals surface area contributed by atoms with Gasteiger partial charge in [0.15, 0.2) is 0 Å². The molecule has 14 heterocycles. The lowest BCUT2D eigenvalue weighted by atomic mass is 10.1. The minimum atomic E-state index is -0.587. The number of benzene rings is 10. The van der Waals surface area contributed by atoms with Gasteiger partial charge in [0, 0.05) is 52.7 Å². The second-order valence-electron chi connectivity index (χ2n) is 32.6. The molecule has 10 aromatic carbocycles. The van der Waals surface area contributed by atoms with Crippen LogP contribution in [0.1, 0.15) is 86.5 Å². The van der Waals surface area contributed by atoms with E-state index in [1.165, 1.54) is 60.0 Å². The zero-order valence-corrected chi connectivity index (χ0v) is 79.9. The molecule has 1 aliphatic rings. The Morgan fingerprint density at radius 1 is 0.383 bits per heavy atom. The van der Waals surface area contributed by atoms with Crippen LogP contribution in [-0.4, -0.2) is 113 Å². The van der Waals surface area contributed by atoms with E-state index >= 15 is 8.78 Å². The van der Waals surface area contributed by atoms with Crippen molar-refractivity contribution in [2.45, 2.75) is 45.1 Å². The van der Waals surface area contributed by atoms with Gasteiger partial charge in [-0.25, -0.2) is 8.78 Å². The highest BCUT2D eigenvalue weighted by Gasteiger charge is 2.30. The number of hydrogen-bond donors (Lipinski definition) is 10. The normalized spacial score (nSPS) is 11.8. The van der Waals surface area contributed by atoms with Gasteiger partial charge in [-0.15, -0.1) is 68.0 Å². The first-order valence-corrected chi connectivity index (χ1v) is 49.4. The van der Waals surface area contributed by atoms with Gasteiger partial charge in [0.25, 0.3) is 29.5 Å². The van der Waals surface area contributed by atoms with Crippen LogP contribution in [0.3, 0.4) is 0 Å². The van der Waals surface area contributed by atoms with Gasteiger partial charge in [-0.3, -0.25) is 54.5 Å². The number of nitrogens with zero attached hydrogens (tertiary/aromatic N) is 6. The second-order valence-corrected chi connectivity index (χ2v) is 39.0. The SMILES string of the molecule is COc1c(C(=O)NCc2ccccn2)ccc2n[nH]c(-c3cc4ccccc4s3)c12.COc1c(C(=O)NCc2cccs2)ccc2n[nH]c(-c3cc4ccccc4s3)c12.COc1c(C(=O)NCc2ccoc2)ccc2n[nH]c(-c3cc4ccccc4s3)c12.O=C(NC1CC1)c1ccc2[nH]nc(-c3cc4ccccc4s3)c2c1F.O=C(NCc1ccco1)c1ccc2[nH]nc(-c3cc4ccccc4s3)c2c1F. The van der Waals surface area contributed by atoms with Gasteiger partial charge < -0.3 is 49.6 Å². The van der Waals surface area contributed by atoms with Crippen LogP contribution in [0.25, 0.3) is 158 Å². The van der Waals surface area contributed by atoms with E-state index in [0.717, 1.165) is 123 Å². The third kappa shape index (κ3) is 18.9. The van der Waals surface area contributed by atoms with E-state index in [-0.39, 0.29) is 47.3 Å². The van der Waals surface area contributed by atoms with Crippen molar-refractivity contribution in [3.05, 3.63) is 353 Å². The number of ether oxygens (including phenoxy) is 3. The molecule has 0 unspecified atom stereocenters. The molecule has 1 saturated carbocycles. The Morgan fingerprint density at radius 3 is 1.18 bits per heavy atom. The quantitative estimate of drug-likeness (QED) is 0.0301. The van der Waals surface area contributed by atoms with E-state index in [2.05, 4.69) is 137 Å². The van der Waals surface area contributed by atoms with Gasteiger partial charge in [-0.2, -0.15) is 25.5 Å². The van der Waals surface area contributed by atoms with E-state index < -0.39 is 17.5 Å². The Hall–Kier alpha value is -16.6. The first kappa shape index (κ1) is 90.8. The number of aromatic amines is 5. The standard InChI is InChI=1S/C23H18N4O2S.C22H17N3O3S.C22H17N3O2S2.C21H14FN3O2S.C19H14FN3OS/c1-29-22-16(23(28)25-13-15-7-4-5-11-24-15)9-10-17-20(22)21(27-26-17)19-12-14-6-2-3-8-18(14)30-19;1-27-21-15(22(26)23-11-13-8-9-28-12-13)6-7-16-19(21)20(25-24-16)18-10-14-4-2-3-5-17(14)29-18;1-27-21-15(22(26)23-12-14-6-4-10-28-14)8-9-16-19(21)20(25-24-16)18-11-13-5-2-3-7-17(13)29-18;22-19-14(21(26)23-11-13-5-3-9-27-13)7-8-15-18(19)20(25-24-15)17-10-12-4-1-2-6-16(12)28-17;20-17-12(19(24)21-11-5-6-11)7-8-13-16(17)18(23-22-13)15-9-10-3-1-2-4-14(10)25-15/h2-12H,13H2,1H3,(H,25,28)(H,26,27);2-10,12H,11H2,1H3,(H,23,26)(H,24,25);2-11H,12H2,1H3,(H,23,26)(H,24,25);1-10H,11H2,(H,23,26)(H,24,25);1-4,7-9,11H,5-6H2,(H,21,24)(H,22,23). The molecule has 5 amide bonds. The van der Waals surface area contributed by atoms with E-state index in [0.29, 0.717) is 92.5 Å². The van der Waals surface area contributed by atoms with Crippen molar-refractivity contribution in [1.82, 2.24) is 82.6 Å². The molecule has 0 radical (unpaired) electrons. The van der Waals surface area contributed by atoms with Crippen LogP contribution in [0.2, 0.25) is 0 Å². The average Bonchev–Trinajstić information content (AvgIpc) is 1.64. The largest absolute Gasteiger partial charge is 0.495 e. The number of H-pyrrole nitrogens is 5. The Kier molecular flexibility index (Phi) is 25.9. The van der Waals surface area contributed by atoms with Crippen molar-refractivity contribution in [2.75, 3.05) is 21.3 Å². The Balaban J connectivity index is 0.000000105. The Bertz CT molecular complexity index is 8400. The second kappa shape index (κ2) is 40.2. The third-order valence-corrected chi connectivity index (χ3v) is 30.2. The van der Waals surface area contributed by atoms with Crippen LogP contribution in [0, 0.1) is 11.6 Å².